The minimum Gasteiger partial charge on any atom is -0.458 e. The second kappa shape index (κ2) is 22.9. The van der Waals surface area contributed by atoms with Crippen molar-refractivity contribution in [2.24, 2.45) is 0 Å². The molecule has 0 radical (unpaired) electrons. The highest BCUT2D eigenvalue weighted by atomic mass is 32.1. The molecule has 16 heteroatoms. The third kappa shape index (κ3) is 8.91. The Balaban J connectivity index is 0.801. The maximum absolute atomic E-state index is 17.6. The standard InChI is InChI=1S/C88H51B3F2N4O5S2/c92-67-38-23-39-68(93)84(67)97-69-50-71-64(48-63(69)90-81-70(97)42-58(94(52-24-7-1-8-25-52)53-26-9-2-10-27-53)43-74(81)101-85-61-36-19-21-40-79(61)103-87(85)90)89-65-49-66-73(51-72(65)99-76-45-59(44-75(98-71)82(76)89)95(54-28-11-3-12-29-54)55-30-13-4-14-31-55)100-77-46-60(96(56-32-15-5-16-33-56)57-34-17-6-18-35-57)47-78-83(77)91(66)88-86(102-78)62-37-20-22-41-80(62)104-88/h1-51H. The van der Waals surface area contributed by atoms with E-state index in [0.717, 1.165) is 131 Å². The topological polar surface area (TPSA) is 59.1 Å². The van der Waals surface area contributed by atoms with Gasteiger partial charge in [0.2, 0.25) is 0 Å². The number of halogens is 2. The van der Waals surface area contributed by atoms with Gasteiger partial charge in [-0.15, -0.1) is 22.7 Å². The van der Waals surface area contributed by atoms with Crippen LogP contribution >= 0.6 is 22.7 Å². The summed E-state index contributed by atoms with van der Waals surface area (Å²) < 4.78 is 76.7. The van der Waals surface area contributed by atoms with Crippen LogP contribution in [0.2, 0.25) is 0 Å². The number of hydrogen-bond donors (Lipinski definition) is 0. The Morgan fingerprint density at radius 1 is 0.269 bits per heavy atom. The fraction of sp³-hybridized carbons (Fsp3) is 0. The van der Waals surface area contributed by atoms with Gasteiger partial charge in [-0.1, -0.05) is 152 Å². The lowest BCUT2D eigenvalue weighted by atomic mass is 9.31. The fourth-order valence-electron chi connectivity index (χ4n) is 16.7. The van der Waals surface area contributed by atoms with E-state index < -0.39 is 25.1 Å². The predicted molar refractivity (Wildman–Crippen MR) is 422 cm³/mol. The van der Waals surface area contributed by atoms with Crippen LogP contribution in [-0.4, -0.2) is 20.1 Å². The molecular weight excluding hydrogens is 1330 g/mol. The SMILES string of the molecule is Fc1cccc(F)c1N1c2cc3c(cc2B2c4sc5ccccc5c4Oc4cc(N(c5ccccc5)c5ccccc5)cc1c42)B1c2cc4c(cc2Oc2cc(N(c5ccccc5)c5ccccc5)cc(c21)O3)Oc1cc(N(c2ccccc2)c2ccccc2)cc2c1B4c1sc3ccccc3c1O2. The summed E-state index contributed by atoms with van der Waals surface area (Å²) in [4.78, 5) is 8.37. The monoisotopic (exact) mass is 1380 g/mol. The van der Waals surface area contributed by atoms with Gasteiger partial charge in [0.25, 0.3) is 20.1 Å². The van der Waals surface area contributed by atoms with Gasteiger partial charge < -0.3 is 43.3 Å². The van der Waals surface area contributed by atoms with Crippen molar-refractivity contribution in [3.63, 3.8) is 0 Å². The van der Waals surface area contributed by atoms with Crippen molar-refractivity contribution in [3.05, 3.63) is 321 Å². The minimum absolute atomic E-state index is 0.235. The van der Waals surface area contributed by atoms with E-state index in [1.54, 1.807) is 27.6 Å². The summed E-state index contributed by atoms with van der Waals surface area (Å²) in [6.07, 6.45) is 0. The van der Waals surface area contributed by atoms with Crippen molar-refractivity contribution >= 4 is 179 Å². The molecule has 104 heavy (non-hydrogen) atoms. The smallest absolute Gasteiger partial charge is 0.273 e. The molecule has 488 valence electrons. The zero-order valence-electron chi connectivity index (χ0n) is 55.1. The molecule has 0 aliphatic carbocycles. The normalized spacial score (nSPS) is 13.2. The highest BCUT2D eigenvalue weighted by molar-refractivity contribution is 7.34. The average molecular weight is 1380 g/mol. The van der Waals surface area contributed by atoms with Crippen LogP contribution in [0.15, 0.2) is 309 Å². The number of nitrogens with zero attached hydrogens (tertiary/aromatic N) is 4. The Labute approximate surface area is 605 Å². The van der Waals surface area contributed by atoms with Crippen molar-refractivity contribution in [3.8, 4) is 57.5 Å². The molecule has 0 N–H and O–H groups in total. The third-order valence-electron chi connectivity index (χ3n) is 21.0. The minimum atomic E-state index is -0.734. The zero-order valence-corrected chi connectivity index (χ0v) is 56.7. The largest absolute Gasteiger partial charge is 0.458 e. The first-order chi connectivity index (χ1) is 51.4. The highest BCUT2D eigenvalue weighted by Gasteiger charge is 2.51. The second-order valence-corrected chi connectivity index (χ2v) is 29.0. The number of rotatable bonds is 10. The number of anilines is 12. The molecule has 16 aromatic rings. The lowest BCUT2D eigenvalue weighted by molar-refractivity contribution is 0.453. The maximum Gasteiger partial charge on any atom is 0.273 e. The van der Waals surface area contributed by atoms with Gasteiger partial charge in [-0.3, -0.25) is 0 Å². The molecule has 0 amide bonds. The lowest BCUT2D eigenvalue weighted by Crippen LogP contribution is -2.63. The summed E-state index contributed by atoms with van der Waals surface area (Å²) in [6, 6.07) is 104. The van der Waals surface area contributed by atoms with Gasteiger partial charge in [0, 0.05) is 129 Å². The quantitative estimate of drug-likeness (QED) is 0.125. The predicted octanol–water partition coefficient (Wildman–Crippen LogP) is 18.7. The first-order valence-corrected chi connectivity index (χ1v) is 36.3. The second-order valence-electron chi connectivity index (χ2n) is 26.8. The van der Waals surface area contributed by atoms with Crippen LogP contribution < -0.4 is 91.1 Å². The first-order valence-electron chi connectivity index (χ1n) is 34.7. The molecule has 8 heterocycles. The summed E-state index contributed by atoms with van der Waals surface area (Å²) in [5.74, 6) is 4.96. The van der Waals surface area contributed by atoms with Gasteiger partial charge >= 0.3 is 0 Å². The van der Waals surface area contributed by atoms with E-state index >= 15 is 8.78 Å². The molecule has 14 aromatic carbocycles. The summed E-state index contributed by atoms with van der Waals surface area (Å²) in [7, 11) is 0. The van der Waals surface area contributed by atoms with Crippen LogP contribution in [0.4, 0.5) is 77.0 Å². The van der Waals surface area contributed by atoms with Gasteiger partial charge in [-0.05, 0) is 143 Å². The van der Waals surface area contributed by atoms with E-state index in [1.807, 2.05) is 97.1 Å². The van der Waals surface area contributed by atoms with Crippen LogP contribution in [0.1, 0.15) is 0 Å². The molecule has 6 aliphatic heterocycles. The van der Waals surface area contributed by atoms with Crippen LogP contribution in [0, 0.1) is 11.6 Å². The molecule has 0 fully saturated rings. The van der Waals surface area contributed by atoms with Crippen molar-refractivity contribution in [1.82, 2.24) is 0 Å². The Bertz CT molecular complexity index is 6120. The number of para-hydroxylation sites is 7. The van der Waals surface area contributed by atoms with E-state index in [0.29, 0.717) is 57.4 Å². The Morgan fingerprint density at radius 3 is 1.04 bits per heavy atom. The molecule has 0 saturated heterocycles. The van der Waals surface area contributed by atoms with Gasteiger partial charge in [-0.2, -0.15) is 0 Å². The van der Waals surface area contributed by atoms with Gasteiger partial charge in [0.05, 0.1) is 17.1 Å². The van der Waals surface area contributed by atoms with Crippen molar-refractivity contribution in [2.45, 2.75) is 0 Å². The number of thiophene rings is 2. The molecule has 2 aromatic heterocycles. The first kappa shape index (κ1) is 59.0. The molecule has 0 spiro atoms. The van der Waals surface area contributed by atoms with E-state index in [9.17, 15) is 0 Å². The van der Waals surface area contributed by atoms with E-state index in [1.165, 1.54) is 18.2 Å². The number of ether oxygens (including phenoxy) is 5. The number of fused-ring (bicyclic) bond motifs is 16. The molecule has 9 nitrogen and oxygen atoms in total. The maximum atomic E-state index is 17.6. The Hall–Kier alpha value is -12.7. The summed E-state index contributed by atoms with van der Waals surface area (Å²) >= 11 is 3.42. The van der Waals surface area contributed by atoms with E-state index in [-0.39, 0.29) is 12.4 Å². The summed E-state index contributed by atoms with van der Waals surface area (Å²) in [5, 5.41) is 2.00. The van der Waals surface area contributed by atoms with Crippen molar-refractivity contribution in [1.29, 1.82) is 0 Å². The lowest BCUT2D eigenvalue weighted by Gasteiger charge is -2.42. The molecule has 22 rings (SSSR count). The van der Waals surface area contributed by atoms with Gasteiger partial charge in [0.1, 0.15) is 74.8 Å². The number of benzene rings is 14. The van der Waals surface area contributed by atoms with Crippen LogP contribution in [-0.2, 0) is 0 Å². The highest BCUT2D eigenvalue weighted by Crippen LogP contribution is 2.52. The zero-order chi connectivity index (χ0) is 68.4. The Morgan fingerprint density at radius 2 is 0.606 bits per heavy atom. The number of hydrogen-bond acceptors (Lipinski definition) is 11. The molecule has 0 unspecified atom stereocenters. The molecule has 0 bridgehead atoms. The van der Waals surface area contributed by atoms with E-state index in [2.05, 4.69) is 209 Å². The molecule has 0 atom stereocenters. The summed E-state index contributed by atoms with van der Waals surface area (Å²) in [5.41, 5.74) is 14.9. The molecule has 0 saturated carbocycles. The van der Waals surface area contributed by atoms with Crippen molar-refractivity contribution in [2.75, 3.05) is 19.6 Å². The molecule has 6 aliphatic rings. The van der Waals surface area contributed by atoms with Gasteiger partial charge in [0.15, 0.2) is 0 Å². The third-order valence-corrected chi connectivity index (χ3v) is 23.4. The van der Waals surface area contributed by atoms with Crippen LogP contribution in [0.3, 0.4) is 0 Å². The van der Waals surface area contributed by atoms with E-state index in [4.69, 9.17) is 23.7 Å². The van der Waals surface area contributed by atoms with Crippen molar-refractivity contribution < 1.29 is 32.5 Å². The van der Waals surface area contributed by atoms with Gasteiger partial charge in [-0.25, -0.2) is 8.78 Å². The fourth-order valence-corrected chi connectivity index (χ4v) is 19.2. The molecular formula is C88H51B3F2N4O5S2. The average Bonchev–Trinajstić information content (AvgIpc) is 1.22. The van der Waals surface area contributed by atoms with Crippen LogP contribution in [0.5, 0.6) is 57.5 Å². The Kier molecular flexibility index (Phi) is 13.0. The summed E-state index contributed by atoms with van der Waals surface area (Å²) in [6.45, 7) is -1.37. The van der Waals surface area contributed by atoms with Crippen LogP contribution in [0.25, 0.3) is 20.2 Å².